The number of benzene rings is 2. The molecule has 6 nitrogen and oxygen atoms in total. The van der Waals surface area contributed by atoms with Crippen molar-refractivity contribution in [1.29, 1.82) is 0 Å². The Morgan fingerprint density at radius 2 is 1.70 bits per heavy atom. The summed E-state index contributed by atoms with van der Waals surface area (Å²) >= 11 is 0. The van der Waals surface area contributed by atoms with E-state index in [0.717, 1.165) is 24.1 Å². The number of aromatic nitrogens is 4. The van der Waals surface area contributed by atoms with E-state index in [-0.39, 0.29) is 0 Å². The number of alkyl halides is 3. The van der Waals surface area contributed by atoms with Gasteiger partial charge in [0, 0.05) is 19.2 Å². The van der Waals surface area contributed by atoms with Crippen LogP contribution in [0.5, 0.6) is 0 Å². The predicted octanol–water partition coefficient (Wildman–Crippen LogP) is 4.29. The number of halogens is 3. The summed E-state index contributed by atoms with van der Waals surface area (Å²) in [5, 5.41) is 7.98. The van der Waals surface area contributed by atoms with Gasteiger partial charge in [-0.1, -0.05) is 42.5 Å². The van der Waals surface area contributed by atoms with Gasteiger partial charge >= 0.3 is 6.18 Å². The Morgan fingerprint density at radius 1 is 1.00 bits per heavy atom. The summed E-state index contributed by atoms with van der Waals surface area (Å²) in [4.78, 5) is 8.95. The van der Waals surface area contributed by atoms with E-state index in [2.05, 4.69) is 20.4 Å². The van der Waals surface area contributed by atoms with Crippen molar-refractivity contribution in [3.63, 3.8) is 0 Å². The molecule has 0 aliphatic heterocycles. The van der Waals surface area contributed by atoms with Gasteiger partial charge in [-0.2, -0.15) is 23.3 Å². The standard InChI is InChI=1S/C21H19F3N6/c1-30-18(25)16-17(14-7-9-15(10-8-14)21(22,23)24)27-20(28-19(16)29-30)26-12-11-13-5-3-2-4-6-13/h2-10H,11-12,25H2,1H3,(H,26,28,29). The molecule has 3 N–H and O–H groups in total. The average Bonchev–Trinajstić information content (AvgIpc) is 3.01. The first-order chi connectivity index (χ1) is 14.3. The molecule has 0 spiro atoms. The van der Waals surface area contributed by atoms with Gasteiger partial charge in [-0.3, -0.25) is 4.68 Å². The van der Waals surface area contributed by atoms with Crippen LogP contribution in [0.2, 0.25) is 0 Å². The maximum absolute atomic E-state index is 12.9. The van der Waals surface area contributed by atoms with Gasteiger partial charge in [-0.25, -0.2) is 4.98 Å². The summed E-state index contributed by atoms with van der Waals surface area (Å²) in [6.07, 6.45) is -3.64. The van der Waals surface area contributed by atoms with Crippen LogP contribution >= 0.6 is 0 Å². The van der Waals surface area contributed by atoms with Crippen molar-refractivity contribution in [2.24, 2.45) is 7.05 Å². The summed E-state index contributed by atoms with van der Waals surface area (Å²) in [7, 11) is 1.68. The molecule has 0 saturated carbocycles. The summed E-state index contributed by atoms with van der Waals surface area (Å²) in [5.74, 6) is 0.683. The Kier molecular flexibility index (Phi) is 5.03. The molecule has 30 heavy (non-hydrogen) atoms. The van der Waals surface area contributed by atoms with Crippen LogP contribution < -0.4 is 11.1 Å². The minimum Gasteiger partial charge on any atom is -0.383 e. The summed E-state index contributed by atoms with van der Waals surface area (Å²) in [5.41, 5.74) is 7.87. The predicted molar refractivity (Wildman–Crippen MR) is 110 cm³/mol. The third kappa shape index (κ3) is 3.91. The van der Waals surface area contributed by atoms with Crippen molar-refractivity contribution in [3.05, 3.63) is 65.7 Å². The lowest BCUT2D eigenvalue weighted by molar-refractivity contribution is -0.137. The number of nitrogens with two attached hydrogens (primary N) is 1. The van der Waals surface area contributed by atoms with Crippen LogP contribution in [0.15, 0.2) is 54.6 Å². The molecule has 0 aliphatic rings. The van der Waals surface area contributed by atoms with E-state index in [1.54, 1.807) is 7.05 Å². The highest BCUT2D eigenvalue weighted by molar-refractivity contribution is 5.98. The second-order valence-electron chi connectivity index (χ2n) is 6.84. The number of aryl methyl sites for hydroxylation is 1. The van der Waals surface area contributed by atoms with Gasteiger partial charge in [-0.15, -0.1) is 0 Å². The highest BCUT2D eigenvalue weighted by atomic mass is 19.4. The fourth-order valence-electron chi connectivity index (χ4n) is 3.18. The molecule has 0 unspecified atom stereocenters. The molecule has 0 fully saturated rings. The Bertz CT molecular complexity index is 1170. The van der Waals surface area contributed by atoms with E-state index in [0.29, 0.717) is 40.6 Å². The molecule has 0 radical (unpaired) electrons. The van der Waals surface area contributed by atoms with E-state index in [1.807, 2.05) is 30.3 Å². The second-order valence-corrected chi connectivity index (χ2v) is 6.84. The Balaban J connectivity index is 1.68. The fourth-order valence-corrected chi connectivity index (χ4v) is 3.18. The normalized spacial score (nSPS) is 11.7. The van der Waals surface area contributed by atoms with E-state index in [9.17, 15) is 13.2 Å². The molecule has 0 bridgehead atoms. The molecular weight excluding hydrogens is 393 g/mol. The van der Waals surface area contributed by atoms with Gasteiger partial charge < -0.3 is 11.1 Å². The molecule has 2 heterocycles. The molecule has 4 aromatic rings. The molecule has 0 aliphatic carbocycles. The van der Waals surface area contributed by atoms with Crippen molar-refractivity contribution in [3.8, 4) is 11.3 Å². The number of fused-ring (bicyclic) bond motifs is 1. The van der Waals surface area contributed by atoms with Gasteiger partial charge in [0.05, 0.1) is 16.6 Å². The second kappa shape index (κ2) is 7.66. The molecule has 2 aromatic carbocycles. The first kappa shape index (κ1) is 19.7. The van der Waals surface area contributed by atoms with Crippen molar-refractivity contribution in [2.45, 2.75) is 12.6 Å². The van der Waals surface area contributed by atoms with Gasteiger partial charge in [0.2, 0.25) is 5.95 Å². The third-order valence-electron chi connectivity index (χ3n) is 4.76. The fraction of sp³-hybridized carbons (Fsp3) is 0.190. The number of anilines is 2. The lowest BCUT2D eigenvalue weighted by Gasteiger charge is -2.10. The van der Waals surface area contributed by atoms with Crippen LogP contribution in [0.3, 0.4) is 0 Å². The molecule has 154 valence electrons. The Labute approximate surface area is 170 Å². The zero-order valence-corrected chi connectivity index (χ0v) is 16.1. The van der Waals surface area contributed by atoms with Crippen molar-refractivity contribution < 1.29 is 13.2 Å². The van der Waals surface area contributed by atoms with E-state index in [1.165, 1.54) is 16.8 Å². The van der Waals surface area contributed by atoms with E-state index >= 15 is 0 Å². The number of nitrogens with one attached hydrogen (secondary N) is 1. The van der Waals surface area contributed by atoms with Crippen molar-refractivity contribution in [2.75, 3.05) is 17.6 Å². The van der Waals surface area contributed by atoms with Crippen LogP contribution in [-0.2, 0) is 19.6 Å². The average molecular weight is 412 g/mol. The summed E-state index contributed by atoms with van der Waals surface area (Å²) < 4.78 is 40.2. The van der Waals surface area contributed by atoms with Crippen LogP contribution in [0.1, 0.15) is 11.1 Å². The van der Waals surface area contributed by atoms with Gasteiger partial charge in [0.1, 0.15) is 5.82 Å². The van der Waals surface area contributed by atoms with Gasteiger partial charge in [0.15, 0.2) is 5.65 Å². The number of nitrogens with zero attached hydrogens (tertiary/aromatic N) is 4. The maximum atomic E-state index is 12.9. The molecule has 0 atom stereocenters. The van der Waals surface area contributed by atoms with Crippen LogP contribution in [0.25, 0.3) is 22.3 Å². The molecular formula is C21H19F3N6. The van der Waals surface area contributed by atoms with Crippen molar-refractivity contribution in [1.82, 2.24) is 19.7 Å². The number of nitrogen functional groups attached to an aromatic ring is 1. The quantitative estimate of drug-likeness (QED) is 0.511. The van der Waals surface area contributed by atoms with Crippen LogP contribution in [-0.4, -0.2) is 26.3 Å². The monoisotopic (exact) mass is 412 g/mol. The summed E-state index contributed by atoms with van der Waals surface area (Å²) in [6.45, 7) is 0.588. The van der Waals surface area contributed by atoms with Gasteiger partial charge in [0.25, 0.3) is 0 Å². The minimum absolute atomic E-state index is 0.339. The van der Waals surface area contributed by atoms with Gasteiger partial charge in [-0.05, 0) is 24.1 Å². The highest BCUT2D eigenvalue weighted by Gasteiger charge is 2.30. The van der Waals surface area contributed by atoms with Crippen LogP contribution in [0.4, 0.5) is 24.9 Å². The molecule has 9 heteroatoms. The lowest BCUT2D eigenvalue weighted by atomic mass is 10.1. The Morgan fingerprint density at radius 3 is 2.37 bits per heavy atom. The molecule has 0 saturated heterocycles. The number of rotatable bonds is 5. The molecule has 0 amide bonds. The number of hydrogen-bond acceptors (Lipinski definition) is 5. The first-order valence-electron chi connectivity index (χ1n) is 9.28. The maximum Gasteiger partial charge on any atom is 0.416 e. The third-order valence-corrected chi connectivity index (χ3v) is 4.76. The first-order valence-corrected chi connectivity index (χ1v) is 9.28. The largest absolute Gasteiger partial charge is 0.416 e. The van der Waals surface area contributed by atoms with Crippen LogP contribution in [0, 0.1) is 0 Å². The zero-order chi connectivity index (χ0) is 21.3. The smallest absolute Gasteiger partial charge is 0.383 e. The minimum atomic E-state index is -4.41. The summed E-state index contributed by atoms with van der Waals surface area (Å²) in [6, 6.07) is 14.8. The topological polar surface area (TPSA) is 81.7 Å². The van der Waals surface area contributed by atoms with E-state index in [4.69, 9.17) is 5.73 Å². The highest BCUT2D eigenvalue weighted by Crippen LogP contribution is 2.34. The SMILES string of the molecule is Cn1nc2nc(NCCc3ccccc3)nc(-c3ccc(C(F)(F)F)cc3)c2c1N. The molecule has 4 rings (SSSR count). The zero-order valence-electron chi connectivity index (χ0n) is 16.1. The lowest BCUT2D eigenvalue weighted by Crippen LogP contribution is -2.09. The van der Waals surface area contributed by atoms with E-state index < -0.39 is 11.7 Å². The molecule has 2 aromatic heterocycles. The van der Waals surface area contributed by atoms with Crippen molar-refractivity contribution >= 4 is 22.8 Å². The number of hydrogen-bond donors (Lipinski definition) is 2. The Hall–Kier alpha value is -3.62.